The second-order valence-corrected chi connectivity index (χ2v) is 4.09. The summed E-state index contributed by atoms with van der Waals surface area (Å²) in [5.41, 5.74) is 0.342. The Morgan fingerprint density at radius 3 is 2.92 bits per heavy atom. The summed E-state index contributed by atoms with van der Waals surface area (Å²) in [5.74, 6) is 0. The summed E-state index contributed by atoms with van der Waals surface area (Å²) >= 11 is 3.56. The number of methoxy groups -OCH3 is 1. The summed E-state index contributed by atoms with van der Waals surface area (Å²) in [6.45, 7) is 2.66. The lowest BCUT2D eigenvalue weighted by molar-refractivity contribution is -0.00994. The van der Waals surface area contributed by atoms with Crippen molar-refractivity contribution < 1.29 is 9.47 Å². The molecule has 0 amide bonds. The quantitative estimate of drug-likeness (QED) is 0.698. The Balaban J connectivity index is 2.37. The topological polar surface area (TPSA) is 18.5 Å². The van der Waals surface area contributed by atoms with E-state index in [1.165, 1.54) is 12.8 Å². The summed E-state index contributed by atoms with van der Waals surface area (Å²) in [7, 11) is 1.76. The van der Waals surface area contributed by atoms with Crippen LogP contribution in [0.15, 0.2) is 0 Å². The minimum Gasteiger partial charge on any atom is -0.385 e. The fourth-order valence-electron chi connectivity index (χ4n) is 1.60. The molecular formula is C9H17BrO2. The van der Waals surface area contributed by atoms with E-state index in [1.54, 1.807) is 7.11 Å². The minimum atomic E-state index is 0.342. The maximum Gasteiger partial charge on any atom is 0.0531 e. The van der Waals surface area contributed by atoms with E-state index in [9.17, 15) is 0 Å². The maximum atomic E-state index is 5.49. The van der Waals surface area contributed by atoms with Crippen molar-refractivity contribution in [1.29, 1.82) is 0 Å². The molecule has 1 saturated heterocycles. The molecule has 0 spiro atoms. The van der Waals surface area contributed by atoms with Crippen molar-refractivity contribution >= 4 is 15.9 Å². The van der Waals surface area contributed by atoms with Gasteiger partial charge < -0.3 is 9.47 Å². The van der Waals surface area contributed by atoms with E-state index in [1.807, 2.05) is 0 Å². The Morgan fingerprint density at radius 2 is 2.42 bits per heavy atom. The fourth-order valence-corrected chi connectivity index (χ4v) is 2.32. The third-order valence-electron chi connectivity index (χ3n) is 2.52. The molecule has 72 valence electrons. The van der Waals surface area contributed by atoms with Gasteiger partial charge in [0.1, 0.15) is 0 Å². The van der Waals surface area contributed by atoms with Crippen LogP contribution >= 0.6 is 15.9 Å². The number of hydrogen-bond donors (Lipinski definition) is 0. The highest BCUT2D eigenvalue weighted by Crippen LogP contribution is 2.33. The zero-order chi connectivity index (χ0) is 8.86. The number of hydrogen-bond acceptors (Lipinski definition) is 2. The smallest absolute Gasteiger partial charge is 0.0531 e. The highest BCUT2D eigenvalue weighted by molar-refractivity contribution is 9.09. The molecule has 12 heavy (non-hydrogen) atoms. The van der Waals surface area contributed by atoms with E-state index in [2.05, 4.69) is 15.9 Å². The van der Waals surface area contributed by atoms with Crippen LogP contribution in [-0.4, -0.2) is 32.3 Å². The number of halogens is 1. The van der Waals surface area contributed by atoms with Crippen LogP contribution in [0.2, 0.25) is 0 Å². The first-order chi connectivity index (χ1) is 5.83. The van der Waals surface area contributed by atoms with Gasteiger partial charge in [0, 0.05) is 31.1 Å². The normalized spacial score (nSPS) is 30.5. The molecule has 2 nitrogen and oxygen atoms in total. The summed E-state index contributed by atoms with van der Waals surface area (Å²) in [5, 5.41) is 1.03. The van der Waals surface area contributed by atoms with Crippen LogP contribution in [0, 0.1) is 5.41 Å². The van der Waals surface area contributed by atoms with Crippen LogP contribution in [0.3, 0.4) is 0 Å². The molecule has 3 heteroatoms. The molecule has 0 N–H and O–H groups in total. The van der Waals surface area contributed by atoms with Crippen molar-refractivity contribution in [2.24, 2.45) is 5.41 Å². The van der Waals surface area contributed by atoms with Crippen LogP contribution in [0.4, 0.5) is 0 Å². The van der Waals surface area contributed by atoms with Crippen molar-refractivity contribution in [2.45, 2.75) is 19.3 Å². The van der Waals surface area contributed by atoms with Crippen LogP contribution in [0.25, 0.3) is 0 Å². The van der Waals surface area contributed by atoms with E-state index in [4.69, 9.17) is 9.47 Å². The lowest BCUT2D eigenvalue weighted by Gasteiger charge is -2.35. The van der Waals surface area contributed by atoms with Crippen LogP contribution in [0.5, 0.6) is 0 Å². The Kier molecular flexibility index (Phi) is 4.54. The molecule has 1 fully saturated rings. The molecule has 1 rings (SSSR count). The van der Waals surface area contributed by atoms with Gasteiger partial charge >= 0.3 is 0 Å². The van der Waals surface area contributed by atoms with Crippen LogP contribution < -0.4 is 0 Å². The second kappa shape index (κ2) is 5.20. The molecule has 0 aromatic heterocycles. The SMILES string of the molecule is COCCC1(CBr)CCCOC1. The van der Waals surface area contributed by atoms with Gasteiger partial charge in [0.05, 0.1) is 6.61 Å². The van der Waals surface area contributed by atoms with Crippen LogP contribution in [0.1, 0.15) is 19.3 Å². The number of ether oxygens (including phenoxy) is 2. The van der Waals surface area contributed by atoms with E-state index in [-0.39, 0.29) is 0 Å². The monoisotopic (exact) mass is 236 g/mol. The Morgan fingerprint density at radius 1 is 1.58 bits per heavy atom. The summed E-state index contributed by atoms with van der Waals surface area (Å²) in [6, 6.07) is 0. The molecule has 0 aromatic carbocycles. The molecule has 0 aromatic rings. The first kappa shape index (κ1) is 10.5. The molecular weight excluding hydrogens is 220 g/mol. The Bertz CT molecular complexity index is 122. The van der Waals surface area contributed by atoms with Crippen molar-refractivity contribution in [1.82, 2.24) is 0 Å². The largest absolute Gasteiger partial charge is 0.385 e. The first-order valence-corrected chi connectivity index (χ1v) is 5.58. The zero-order valence-corrected chi connectivity index (χ0v) is 9.23. The molecule has 1 aliphatic rings. The van der Waals surface area contributed by atoms with Crippen molar-refractivity contribution in [3.63, 3.8) is 0 Å². The third-order valence-corrected chi connectivity index (χ3v) is 3.71. The van der Waals surface area contributed by atoms with E-state index < -0.39 is 0 Å². The number of alkyl halides is 1. The molecule has 0 aliphatic carbocycles. The van der Waals surface area contributed by atoms with Gasteiger partial charge in [0.15, 0.2) is 0 Å². The Hall–Kier alpha value is 0.400. The minimum absolute atomic E-state index is 0.342. The summed E-state index contributed by atoms with van der Waals surface area (Å²) in [6.07, 6.45) is 3.56. The molecule has 0 saturated carbocycles. The standard InChI is InChI=1S/C9H17BrO2/c1-11-6-4-9(7-10)3-2-5-12-8-9/h2-8H2,1H3. The van der Waals surface area contributed by atoms with Gasteiger partial charge in [-0.25, -0.2) is 0 Å². The van der Waals surface area contributed by atoms with Crippen molar-refractivity contribution in [3.05, 3.63) is 0 Å². The molecule has 1 atom stereocenters. The fraction of sp³-hybridized carbons (Fsp3) is 1.00. The second-order valence-electron chi connectivity index (χ2n) is 3.53. The van der Waals surface area contributed by atoms with Crippen LogP contribution in [-0.2, 0) is 9.47 Å². The molecule has 0 bridgehead atoms. The van der Waals surface area contributed by atoms with Gasteiger partial charge in [-0.05, 0) is 19.3 Å². The first-order valence-electron chi connectivity index (χ1n) is 4.46. The molecule has 1 aliphatic heterocycles. The summed E-state index contributed by atoms with van der Waals surface area (Å²) < 4.78 is 10.6. The number of rotatable bonds is 4. The molecule has 0 radical (unpaired) electrons. The van der Waals surface area contributed by atoms with Gasteiger partial charge in [-0.1, -0.05) is 15.9 Å². The average Bonchev–Trinajstić information content (AvgIpc) is 2.16. The lowest BCUT2D eigenvalue weighted by Crippen LogP contribution is -2.34. The van der Waals surface area contributed by atoms with Gasteiger partial charge in [-0.15, -0.1) is 0 Å². The van der Waals surface area contributed by atoms with Crippen molar-refractivity contribution in [3.8, 4) is 0 Å². The highest BCUT2D eigenvalue weighted by atomic mass is 79.9. The molecule has 1 heterocycles. The van der Waals surface area contributed by atoms with Gasteiger partial charge in [-0.3, -0.25) is 0 Å². The zero-order valence-electron chi connectivity index (χ0n) is 7.64. The maximum absolute atomic E-state index is 5.49. The summed E-state index contributed by atoms with van der Waals surface area (Å²) in [4.78, 5) is 0. The predicted octanol–water partition coefficient (Wildman–Crippen LogP) is 2.21. The van der Waals surface area contributed by atoms with Gasteiger partial charge in [0.25, 0.3) is 0 Å². The average molecular weight is 237 g/mol. The van der Waals surface area contributed by atoms with Gasteiger partial charge in [0.2, 0.25) is 0 Å². The third kappa shape index (κ3) is 2.71. The van der Waals surface area contributed by atoms with E-state index >= 15 is 0 Å². The molecule has 1 unspecified atom stereocenters. The van der Waals surface area contributed by atoms with Gasteiger partial charge in [-0.2, -0.15) is 0 Å². The highest BCUT2D eigenvalue weighted by Gasteiger charge is 2.31. The lowest BCUT2D eigenvalue weighted by atomic mass is 9.82. The Labute approximate surface area is 82.7 Å². The van der Waals surface area contributed by atoms with E-state index in [0.29, 0.717) is 5.41 Å². The van der Waals surface area contributed by atoms with E-state index in [0.717, 1.165) is 31.6 Å². The predicted molar refractivity (Wildman–Crippen MR) is 52.8 cm³/mol. The van der Waals surface area contributed by atoms with Crippen molar-refractivity contribution in [2.75, 3.05) is 32.3 Å².